The third kappa shape index (κ3) is 3.54. The van der Waals surface area contributed by atoms with Crippen molar-refractivity contribution >= 4 is 11.3 Å². The summed E-state index contributed by atoms with van der Waals surface area (Å²) in [5.74, 6) is -0.328. The average molecular weight is 312 g/mol. The molecular weight excluding hydrogens is 301 g/mol. The predicted molar refractivity (Wildman–Crippen MR) is 72.9 cm³/mol. The number of nitrogens with zero attached hydrogens (tertiary/aromatic N) is 1. The van der Waals surface area contributed by atoms with Gasteiger partial charge in [0.05, 0.1) is 17.2 Å². The lowest BCUT2D eigenvalue weighted by atomic mass is 10.1. The fraction of sp³-hybridized carbons (Fsp3) is 0.214. The van der Waals surface area contributed by atoms with E-state index >= 15 is 0 Å². The molecule has 1 aromatic carbocycles. The molecule has 0 aliphatic carbocycles. The van der Waals surface area contributed by atoms with Crippen molar-refractivity contribution in [2.45, 2.75) is 12.3 Å². The van der Waals surface area contributed by atoms with Gasteiger partial charge in [-0.05, 0) is 29.6 Å². The number of benzene rings is 1. The Morgan fingerprint density at radius 1 is 1.33 bits per heavy atom. The monoisotopic (exact) mass is 312 g/mol. The molecule has 0 saturated carbocycles. The van der Waals surface area contributed by atoms with Crippen molar-refractivity contribution in [3.8, 4) is 11.8 Å². The topological polar surface area (TPSA) is 59.0 Å². The highest BCUT2D eigenvalue weighted by Gasteiger charge is 2.35. The first-order valence-corrected chi connectivity index (χ1v) is 6.85. The molecule has 0 saturated heterocycles. The molecule has 21 heavy (non-hydrogen) atoms. The van der Waals surface area contributed by atoms with Crippen LogP contribution in [0.1, 0.15) is 22.1 Å². The molecule has 1 heterocycles. The smallest absolute Gasteiger partial charge is 0.420 e. The maximum absolute atomic E-state index is 13.0. The van der Waals surface area contributed by atoms with Crippen LogP contribution in [-0.4, -0.2) is 6.54 Å². The van der Waals surface area contributed by atoms with Gasteiger partial charge in [0.2, 0.25) is 0 Å². The lowest BCUT2D eigenvalue weighted by molar-refractivity contribution is -0.139. The molecular formula is C14H11F3N2OS. The van der Waals surface area contributed by atoms with Crippen LogP contribution >= 0.6 is 11.3 Å². The summed E-state index contributed by atoms with van der Waals surface area (Å²) in [4.78, 5) is 0.745. The van der Waals surface area contributed by atoms with Crippen LogP contribution in [-0.2, 0) is 6.18 Å². The van der Waals surface area contributed by atoms with E-state index < -0.39 is 17.8 Å². The molecule has 1 aromatic heterocycles. The second-order valence-electron chi connectivity index (χ2n) is 4.18. The van der Waals surface area contributed by atoms with E-state index in [-0.39, 0.29) is 17.9 Å². The minimum Gasteiger partial charge on any atom is -0.483 e. The first-order chi connectivity index (χ1) is 9.95. The number of nitrogens with two attached hydrogens (primary N) is 1. The molecule has 0 aliphatic rings. The summed E-state index contributed by atoms with van der Waals surface area (Å²) in [5, 5.41) is 10.5. The summed E-state index contributed by atoms with van der Waals surface area (Å²) < 4.78 is 44.6. The number of halogens is 3. The molecule has 110 valence electrons. The van der Waals surface area contributed by atoms with Gasteiger partial charge in [0, 0.05) is 11.4 Å². The van der Waals surface area contributed by atoms with Gasteiger partial charge in [0.25, 0.3) is 0 Å². The van der Waals surface area contributed by atoms with Crippen molar-refractivity contribution in [2.75, 3.05) is 6.54 Å². The molecule has 0 fully saturated rings. The van der Waals surface area contributed by atoms with Crippen LogP contribution in [0.5, 0.6) is 5.75 Å². The SMILES string of the molecule is N#Cc1ccc(OC(CN)c2cccs2)c(C(F)(F)F)c1. The van der Waals surface area contributed by atoms with E-state index in [0.717, 1.165) is 17.0 Å². The van der Waals surface area contributed by atoms with E-state index in [0.29, 0.717) is 0 Å². The standard InChI is InChI=1S/C14H11F3N2OS/c15-14(16,17)10-6-9(7-18)3-4-11(10)20-12(8-19)13-2-1-5-21-13/h1-6,12H,8,19H2. The van der Waals surface area contributed by atoms with Crippen LogP contribution in [0, 0.1) is 11.3 Å². The van der Waals surface area contributed by atoms with Crippen LogP contribution in [0.25, 0.3) is 0 Å². The molecule has 0 aliphatic heterocycles. The molecule has 1 unspecified atom stereocenters. The molecule has 3 nitrogen and oxygen atoms in total. The van der Waals surface area contributed by atoms with Gasteiger partial charge in [0.1, 0.15) is 11.9 Å². The van der Waals surface area contributed by atoms with Crippen molar-refractivity contribution in [1.29, 1.82) is 5.26 Å². The van der Waals surface area contributed by atoms with Crippen molar-refractivity contribution in [1.82, 2.24) is 0 Å². The number of hydrogen-bond donors (Lipinski definition) is 1. The molecule has 1 atom stereocenters. The molecule has 0 amide bonds. The molecule has 2 aromatic rings. The van der Waals surface area contributed by atoms with E-state index in [9.17, 15) is 13.2 Å². The minimum absolute atomic E-state index is 0.0534. The number of ether oxygens (including phenoxy) is 1. The fourth-order valence-electron chi connectivity index (χ4n) is 1.77. The Hall–Kier alpha value is -2.04. The van der Waals surface area contributed by atoms with E-state index in [4.69, 9.17) is 15.7 Å². The van der Waals surface area contributed by atoms with E-state index in [1.807, 2.05) is 0 Å². The van der Waals surface area contributed by atoms with Crippen LogP contribution < -0.4 is 10.5 Å². The van der Waals surface area contributed by atoms with Gasteiger partial charge < -0.3 is 10.5 Å². The minimum atomic E-state index is -4.60. The van der Waals surface area contributed by atoms with Crippen LogP contribution in [0.15, 0.2) is 35.7 Å². The Balaban J connectivity index is 2.37. The lowest BCUT2D eigenvalue weighted by Gasteiger charge is -2.20. The van der Waals surface area contributed by atoms with Crippen molar-refractivity contribution in [3.63, 3.8) is 0 Å². The Labute approximate surface area is 123 Å². The number of nitriles is 1. The molecule has 0 bridgehead atoms. The molecule has 7 heteroatoms. The first kappa shape index (κ1) is 15.4. The van der Waals surface area contributed by atoms with Gasteiger partial charge in [-0.1, -0.05) is 6.07 Å². The van der Waals surface area contributed by atoms with Gasteiger partial charge >= 0.3 is 6.18 Å². The summed E-state index contributed by atoms with van der Waals surface area (Å²) >= 11 is 1.36. The third-order valence-electron chi connectivity index (χ3n) is 2.76. The summed E-state index contributed by atoms with van der Waals surface area (Å²) in [6, 6.07) is 8.42. The molecule has 2 N–H and O–H groups in total. The predicted octanol–water partition coefficient (Wildman–Crippen LogP) is 3.72. The van der Waals surface area contributed by atoms with Crippen molar-refractivity contribution in [2.24, 2.45) is 5.73 Å². The Morgan fingerprint density at radius 3 is 2.62 bits per heavy atom. The van der Waals surface area contributed by atoms with Gasteiger partial charge in [0.15, 0.2) is 0 Å². The number of hydrogen-bond acceptors (Lipinski definition) is 4. The summed E-state index contributed by atoms with van der Waals surface area (Å²) in [6.07, 6.45) is -5.25. The largest absolute Gasteiger partial charge is 0.483 e. The third-order valence-corrected chi connectivity index (χ3v) is 3.72. The average Bonchev–Trinajstić information content (AvgIpc) is 2.97. The van der Waals surface area contributed by atoms with E-state index in [2.05, 4.69) is 0 Å². The van der Waals surface area contributed by atoms with Crippen molar-refractivity contribution < 1.29 is 17.9 Å². The van der Waals surface area contributed by atoms with Crippen LogP contribution in [0.4, 0.5) is 13.2 Å². The van der Waals surface area contributed by atoms with E-state index in [1.165, 1.54) is 17.4 Å². The second-order valence-corrected chi connectivity index (χ2v) is 5.16. The van der Waals surface area contributed by atoms with Gasteiger partial charge in [-0.2, -0.15) is 18.4 Å². The fourth-order valence-corrected chi connectivity index (χ4v) is 2.54. The van der Waals surface area contributed by atoms with Crippen LogP contribution in [0.2, 0.25) is 0 Å². The zero-order valence-electron chi connectivity index (χ0n) is 10.7. The highest BCUT2D eigenvalue weighted by atomic mass is 32.1. The van der Waals surface area contributed by atoms with Gasteiger partial charge in [-0.25, -0.2) is 0 Å². The van der Waals surface area contributed by atoms with Crippen molar-refractivity contribution in [3.05, 3.63) is 51.7 Å². The Bertz CT molecular complexity index is 647. The van der Waals surface area contributed by atoms with E-state index in [1.54, 1.807) is 23.6 Å². The van der Waals surface area contributed by atoms with Crippen LogP contribution in [0.3, 0.4) is 0 Å². The zero-order valence-corrected chi connectivity index (χ0v) is 11.5. The van der Waals surface area contributed by atoms with Gasteiger partial charge in [-0.3, -0.25) is 0 Å². The highest BCUT2D eigenvalue weighted by Crippen LogP contribution is 2.38. The normalized spacial score (nSPS) is 12.7. The Kier molecular flexibility index (Phi) is 4.50. The second kappa shape index (κ2) is 6.16. The number of alkyl halides is 3. The quantitative estimate of drug-likeness (QED) is 0.936. The maximum atomic E-state index is 13.0. The lowest BCUT2D eigenvalue weighted by Crippen LogP contribution is -2.19. The number of rotatable bonds is 4. The number of thiophene rings is 1. The maximum Gasteiger partial charge on any atom is 0.420 e. The summed E-state index contributed by atoms with van der Waals surface area (Å²) in [5.41, 5.74) is 4.53. The summed E-state index contributed by atoms with van der Waals surface area (Å²) in [7, 11) is 0. The summed E-state index contributed by atoms with van der Waals surface area (Å²) in [6.45, 7) is 0.0534. The Morgan fingerprint density at radius 2 is 2.10 bits per heavy atom. The first-order valence-electron chi connectivity index (χ1n) is 5.97. The molecule has 0 spiro atoms. The van der Waals surface area contributed by atoms with Gasteiger partial charge in [-0.15, -0.1) is 11.3 Å². The highest BCUT2D eigenvalue weighted by molar-refractivity contribution is 7.10. The molecule has 0 radical (unpaired) electrons. The molecule has 2 rings (SSSR count). The zero-order chi connectivity index (χ0) is 15.5.